The van der Waals surface area contributed by atoms with Crippen LogP contribution in [-0.2, 0) is 24.8 Å². The zero-order chi connectivity index (χ0) is 27.0. The summed E-state index contributed by atoms with van der Waals surface area (Å²) in [6, 6.07) is 15.1. The summed E-state index contributed by atoms with van der Waals surface area (Å²) in [5.74, 6) is -0.0367. The van der Waals surface area contributed by atoms with Crippen LogP contribution in [0.15, 0.2) is 65.6 Å². The highest BCUT2D eigenvalue weighted by Gasteiger charge is 2.35. The van der Waals surface area contributed by atoms with E-state index in [2.05, 4.69) is 10.0 Å². The van der Waals surface area contributed by atoms with Crippen molar-refractivity contribution in [3.8, 4) is 11.5 Å². The van der Waals surface area contributed by atoms with Crippen LogP contribution < -0.4 is 23.8 Å². The summed E-state index contributed by atoms with van der Waals surface area (Å²) in [5.41, 5.74) is 1.69. The number of nitrogens with one attached hydrogen (secondary N) is 2. The molecule has 1 amide bonds. The summed E-state index contributed by atoms with van der Waals surface area (Å²) < 4.78 is 65.0. The van der Waals surface area contributed by atoms with E-state index in [9.17, 15) is 21.6 Å². The van der Waals surface area contributed by atoms with E-state index in [0.29, 0.717) is 22.1 Å². The summed E-state index contributed by atoms with van der Waals surface area (Å²) in [6.45, 7) is 1.57. The normalized spacial score (nSPS) is 15.4. The van der Waals surface area contributed by atoms with Crippen LogP contribution in [0.5, 0.6) is 11.5 Å². The van der Waals surface area contributed by atoms with Gasteiger partial charge >= 0.3 is 0 Å². The Kier molecular flexibility index (Phi) is 7.27. The molecule has 0 radical (unpaired) electrons. The van der Waals surface area contributed by atoms with Gasteiger partial charge < -0.3 is 14.8 Å². The van der Waals surface area contributed by atoms with Crippen molar-refractivity contribution < 1.29 is 31.1 Å². The number of aryl methyl sites for hydroxylation is 1. The third-order valence-electron chi connectivity index (χ3n) is 5.51. The smallest absolute Gasteiger partial charge is 0.267 e. The number of carbonyl (C=O) groups is 1. The van der Waals surface area contributed by atoms with Crippen molar-refractivity contribution in [3.63, 3.8) is 0 Å². The minimum atomic E-state index is -3.94. The van der Waals surface area contributed by atoms with Crippen molar-refractivity contribution in [3.05, 3.63) is 71.2 Å². The van der Waals surface area contributed by atoms with Crippen molar-refractivity contribution in [1.29, 1.82) is 0 Å². The predicted octanol–water partition coefficient (Wildman–Crippen LogP) is 3.62. The van der Waals surface area contributed by atoms with Crippen molar-refractivity contribution >= 4 is 54.6 Å². The van der Waals surface area contributed by atoms with Crippen molar-refractivity contribution in [2.24, 2.45) is 0 Å². The van der Waals surface area contributed by atoms with Crippen LogP contribution in [0.2, 0.25) is 5.02 Å². The number of hydrogen-bond donors (Lipinski definition) is 2. The molecular weight excluding hydrogens is 542 g/mol. The Bertz CT molecular complexity index is 1560. The van der Waals surface area contributed by atoms with Gasteiger partial charge in [-0.15, -0.1) is 0 Å². The van der Waals surface area contributed by atoms with Crippen LogP contribution in [0, 0.1) is 6.92 Å². The van der Waals surface area contributed by atoms with Crippen LogP contribution in [0.4, 0.5) is 17.1 Å². The Hall–Kier alpha value is -3.48. The molecule has 2 N–H and O–H groups in total. The summed E-state index contributed by atoms with van der Waals surface area (Å²) in [4.78, 5) is 12.9. The maximum absolute atomic E-state index is 12.9. The molecule has 0 spiro atoms. The molecule has 4 rings (SSSR count). The van der Waals surface area contributed by atoms with Crippen LogP contribution in [0.25, 0.3) is 0 Å². The van der Waals surface area contributed by atoms with E-state index in [1.807, 2.05) is 6.92 Å². The minimum Gasteiger partial charge on any atom is -0.495 e. The molecule has 3 aromatic carbocycles. The largest absolute Gasteiger partial charge is 0.495 e. The van der Waals surface area contributed by atoms with Gasteiger partial charge in [0.1, 0.15) is 11.5 Å². The van der Waals surface area contributed by atoms with E-state index in [4.69, 9.17) is 21.1 Å². The highest BCUT2D eigenvalue weighted by atomic mass is 35.5. The molecule has 37 heavy (non-hydrogen) atoms. The average molecular weight is 566 g/mol. The van der Waals surface area contributed by atoms with Gasteiger partial charge in [0.05, 0.1) is 36.2 Å². The monoisotopic (exact) mass is 565 g/mol. The van der Waals surface area contributed by atoms with E-state index in [-0.39, 0.29) is 22.9 Å². The van der Waals surface area contributed by atoms with Crippen LogP contribution in [-0.4, -0.2) is 48.8 Å². The third-order valence-corrected chi connectivity index (χ3v) is 8.28. The number of amides is 1. The predicted molar refractivity (Wildman–Crippen MR) is 142 cm³/mol. The quantitative estimate of drug-likeness (QED) is 0.447. The molecule has 0 saturated carbocycles. The standard InChI is InChI=1S/C24H24ClN3O7S2/c1-15-4-10-21(34-2)19(12-15)27-37(32,33)18-8-6-17(7-9-18)26-24(29)23-14-28(36(3,30)31)20-13-16(25)5-11-22(20)35-23/h4-13,23,27H,14H2,1-3H3,(H,26,29). The van der Waals surface area contributed by atoms with E-state index < -0.39 is 32.1 Å². The Balaban J connectivity index is 1.50. The van der Waals surface area contributed by atoms with E-state index in [0.717, 1.165) is 16.1 Å². The first kappa shape index (κ1) is 26.6. The number of nitrogens with zero attached hydrogens (tertiary/aromatic N) is 1. The van der Waals surface area contributed by atoms with Crippen LogP contribution in [0.1, 0.15) is 5.56 Å². The molecule has 0 saturated heterocycles. The first-order valence-corrected chi connectivity index (χ1v) is 14.6. The van der Waals surface area contributed by atoms with Gasteiger partial charge in [0.2, 0.25) is 10.0 Å². The first-order valence-electron chi connectivity index (χ1n) is 10.9. The zero-order valence-corrected chi connectivity index (χ0v) is 22.4. The van der Waals surface area contributed by atoms with Gasteiger partial charge in [-0.25, -0.2) is 16.8 Å². The fourth-order valence-corrected chi connectivity index (χ4v) is 5.85. The number of halogens is 1. The van der Waals surface area contributed by atoms with Gasteiger partial charge in [0.15, 0.2) is 6.10 Å². The molecule has 0 aliphatic carbocycles. The molecule has 1 aliphatic heterocycles. The lowest BCUT2D eigenvalue weighted by atomic mass is 10.2. The van der Waals surface area contributed by atoms with E-state index in [1.54, 1.807) is 18.2 Å². The minimum absolute atomic E-state index is 0.0305. The molecule has 0 bridgehead atoms. The SMILES string of the molecule is COc1ccc(C)cc1NS(=O)(=O)c1ccc(NC(=O)C2CN(S(C)(=O)=O)c3cc(Cl)ccc3O2)cc1. The Morgan fingerprint density at radius 3 is 2.41 bits per heavy atom. The first-order chi connectivity index (χ1) is 17.4. The van der Waals surface area contributed by atoms with Crippen molar-refractivity contribution in [2.45, 2.75) is 17.9 Å². The summed E-state index contributed by atoms with van der Waals surface area (Å²) in [7, 11) is -6.22. The lowest BCUT2D eigenvalue weighted by Gasteiger charge is -2.34. The van der Waals surface area contributed by atoms with Crippen molar-refractivity contribution in [1.82, 2.24) is 0 Å². The van der Waals surface area contributed by atoms with Crippen molar-refractivity contribution in [2.75, 3.05) is 34.3 Å². The maximum atomic E-state index is 12.9. The number of fused-ring (bicyclic) bond motifs is 1. The molecule has 1 atom stereocenters. The number of anilines is 3. The van der Waals surface area contributed by atoms with Gasteiger partial charge in [0.25, 0.3) is 15.9 Å². The number of rotatable bonds is 7. The number of methoxy groups -OCH3 is 1. The fourth-order valence-electron chi connectivity index (χ4n) is 3.72. The summed E-state index contributed by atoms with van der Waals surface area (Å²) in [6.07, 6.45) is -0.125. The highest BCUT2D eigenvalue weighted by Crippen LogP contribution is 2.37. The summed E-state index contributed by atoms with van der Waals surface area (Å²) >= 11 is 6.00. The Labute approximate surface area is 220 Å². The lowest BCUT2D eigenvalue weighted by Crippen LogP contribution is -2.48. The lowest BCUT2D eigenvalue weighted by molar-refractivity contribution is -0.122. The zero-order valence-electron chi connectivity index (χ0n) is 20.1. The van der Waals surface area contributed by atoms with E-state index >= 15 is 0 Å². The molecule has 196 valence electrons. The van der Waals surface area contributed by atoms with Crippen LogP contribution >= 0.6 is 11.6 Å². The highest BCUT2D eigenvalue weighted by molar-refractivity contribution is 7.92. The summed E-state index contributed by atoms with van der Waals surface area (Å²) in [5, 5.41) is 2.96. The number of sulfonamides is 2. The van der Waals surface area contributed by atoms with Gasteiger partial charge in [0, 0.05) is 10.7 Å². The average Bonchev–Trinajstić information content (AvgIpc) is 2.83. The molecule has 10 nitrogen and oxygen atoms in total. The molecule has 13 heteroatoms. The fraction of sp³-hybridized carbons (Fsp3) is 0.208. The molecule has 3 aromatic rings. The Morgan fingerprint density at radius 1 is 1.05 bits per heavy atom. The number of benzene rings is 3. The number of carbonyl (C=O) groups excluding carboxylic acids is 1. The Morgan fingerprint density at radius 2 is 1.76 bits per heavy atom. The second-order valence-corrected chi connectivity index (χ2v) is 12.4. The number of hydrogen-bond acceptors (Lipinski definition) is 7. The van der Waals surface area contributed by atoms with Gasteiger partial charge in [-0.3, -0.25) is 13.8 Å². The van der Waals surface area contributed by atoms with Gasteiger partial charge in [-0.1, -0.05) is 17.7 Å². The van der Waals surface area contributed by atoms with Crippen LogP contribution in [0.3, 0.4) is 0 Å². The molecule has 1 aliphatic rings. The molecule has 1 unspecified atom stereocenters. The molecular formula is C24H24ClN3O7S2. The third kappa shape index (κ3) is 5.92. The molecule has 0 aromatic heterocycles. The van der Waals surface area contributed by atoms with Gasteiger partial charge in [-0.2, -0.15) is 0 Å². The number of ether oxygens (including phenoxy) is 2. The topological polar surface area (TPSA) is 131 Å². The molecule has 0 fully saturated rings. The molecule has 1 heterocycles. The second kappa shape index (κ2) is 10.1. The van der Waals surface area contributed by atoms with Gasteiger partial charge in [-0.05, 0) is 67.1 Å². The second-order valence-electron chi connectivity index (χ2n) is 8.34. The maximum Gasteiger partial charge on any atom is 0.267 e. The van der Waals surface area contributed by atoms with E-state index in [1.165, 1.54) is 49.6 Å².